The summed E-state index contributed by atoms with van der Waals surface area (Å²) in [4.78, 5) is 31.7. The Morgan fingerprint density at radius 3 is 2.32 bits per heavy atom. The lowest BCUT2D eigenvalue weighted by atomic mass is 10.2. The molecule has 0 aromatic carbocycles. The molecule has 0 aromatic rings. The number of morpholine rings is 1. The maximum absolute atomic E-state index is 12.4. The summed E-state index contributed by atoms with van der Waals surface area (Å²) in [6.07, 6.45) is 0.172. The quantitative estimate of drug-likeness (QED) is 0.662. The van der Waals surface area contributed by atoms with Gasteiger partial charge in [-0.3, -0.25) is 14.5 Å². The molecule has 0 saturated carbocycles. The lowest BCUT2D eigenvalue weighted by Crippen LogP contribution is -2.54. The molecule has 2 aliphatic heterocycles. The van der Waals surface area contributed by atoms with Crippen LogP contribution in [0.3, 0.4) is 0 Å². The van der Waals surface area contributed by atoms with Gasteiger partial charge in [0, 0.05) is 52.7 Å². The van der Waals surface area contributed by atoms with Crippen LogP contribution in [0, 0.1) is 0 Å². The molecule has 0 N–H and O–H groups in total. The Balaban J connectivity index is 1.76. The van der Waals surface area contributed by atoms with Crippen molar-refractivity contribution >= 4 is 11.8 Å². The summed E-state index contributed by atoms with van der Waals surface area (Å²) in [5, 5.41) is 0. The largest absolute Gasteiger partial charge is 0.374 e. The predicted octanol–water partition coefficient (Wildman–Crippen LogP) is -1.06. The first-order chi connectivity index (χ1) is 10.5. The third-order valence-electron chi connectivity index (χ3n) is 4.23. The Morgan fingerprint density at radius 2 is 1.73 bits per heavy atom. The number of rotatable bonds is 4. The van der Waals surface area contributed by atoms with Crippen LogP contribution in [0.25, 0.3) is 0 Å². The zero-order valence-electron chi connectivity index (χ0n) is 14.0. The van der Waals surface area contributed by atoms with Crippen molar-refractivity contribution in [2.45, 2.75) is 13.0 Å². The van der Waals surface area contributed by atoms with E-state index < -0.39 is 0 Å². The van der Waals surface area contributed by atoms with E-state index in [-0.39, 0.29) is 17.9 Å². The molecular weight excluding hydrogens is 284 g/mol. The highest BCUT2D eigenvalue weighted by Crippen LogP contribution is 2.08. The summed E-state index contributed by atoms with van der Waals surface area (Å²) in [5.41, 5.74) is 0. The van der Waals surface area contributed by atoms with Crippen LogP contribution in [-0.2, 0) is 14.3 Å². The van der Waals surface area contributed by atoms with Gasteiger partial charge in [-0.15, -0.1) is 0 Å². The zero-order chi connectivity index (χ0) is 16.1. The van der Waals surface area contributed by atoms with E-state index in [1.807, 2.05) is 19.0 Å². The Labute approximate surface area is 132 Å². The van der Waals surface area contributed by atoms with Gasteiger partial charge in [0.2, 0.25) is 11.8 Å². The van der Waals surface area contributed by atoms with Crippen LogP contribution in [0.15, 0.2) is 0 Å². The van der Waals surface area contributed by atoms with Crippen LogP contribution < -0.4 is 0 Å². The number of ether oxygens (including phenoxy) is 1. The summed E-state index contributed by atoms with van der Waals surface area (Å²) in [5.74, 6) is 0.250. The summed E-state index contributed by atoms with van der Waals surface area (Å²) in [6.45, 7) is 7.78. The Morgan fingerprint density at radius 1 is 1.09 bits per heavy atom. The number of hydrogen-bond acceptors (Lipinski definition) is 5. The summed E-state index contributed by atoms with van der Waals surface area (Å²) in [6, 6.07) is 0. The molecule has 0 aromatic heterocycles. The van der Waals surface area contributed by atoms with Gasteiger partial charge >= 0.3 is 0 Å². The highest BCUT2D eigenvalue weighted by atomic mass is 16.5. The molecule has 0 unspecified atom stereocenters. The molecule has 2 amide bonds. The van der Waals surface area contributed by atoms with Gasteiger partial charge in [-0.25, -0.2) is 0 Å². The van der Waals surface area contributed by atoms with E-state index >= 15 is 0 Å². The minimum atomic E-state index is 0.0896. The van der Waals surface area contributed by atoms with E-state index in [0.29, 0.717) is 39.3 Å². The van der Waals surface area contributed by atoms with Crippen molar-refractivity contribution in [2.24, 2.45) is 0 Å². The fraction of sp³-hybridized carbons (Fsp3) is 0.867. The van der Waals surface area contributed by atoms with Gasteiger partial charge in [0.05, 0.1) is 19.3 Å². The number of nitrogens with zero attached hydrogens (tertiary/aromatic N) is 4. The van der Waals surface area contributed by atoms with E-state index in [4.69, 9.17) is 4.74 Å². The Bertz CT molecular complexity index is 394. The topological polar surface area (TPSA) is 56.3 Å². The minimum Gasteiger partial charge on any atom is -0.374 e. The number of amides is 2. The zero-order valence-corrected chi connectivity index (χ0v) is 14.0. The molecule has 0 spiro atoms. The van der Waals surface area contributed by atoms with E-state index in [1.54, 1.807) is 11.8 Å². The van der Waals surface area contributed by atoms with E-state index in [0.717, 1.165) is 19.6 Å². The number of hydrogen-bond donors (Lipinski definition) is 0. The molecule has 0 aliphatic carbocycles. The monoisotopic (exact) mass is 312 g/mol. The van der Waals surface area contributed by atoms with Crippen molar-refractivity contribution in [2.75, 3.05) is 73.1 Å². The molecule has 2 heterocycles. The van der Waals surface area contributed by atoms with Gasteiger partial charge in [0.25, 0.3) is 0 Å². The number of likely N-dealkylation sites (N-methyl/N-ethyl adjacent to an activating group) is 1. The van der Waals surface area contributed by atoms with Crippen molar-refractivity contribution < 1.29 is 14.3 Å². The summed E-state index contributed by atoms with van der Waals surface area (Å²) >= 11 is 0. The smallest absolute Gasteiger partial charge is 0.236 e. The maximum atomic E-state index is 12.4. The third kappa shape index (κ3) is 4.93. The lowest BCUT2D eigenvalue weighted by Gasteiger charge is -2.37. The first-order valence-corrected chi connectivity index (χ1v) is 7.97. The molecular formula is C15H28N4O3. The second-order valence-electron chi connectivity index (χ2n) is 6.38. The summed E-state index contributed by atoms with van der Waals surface area (Å²) < 4.78 is 5.73. The Hall–Kier alpha value is -1.18. The first-order valence-electron chi connectivity index (χ1n) is 7.97. The third-order valence-corrected chi connectivity index (χ3v) is 4.23. The summed E-state index contributed by atoms with van der Waals surface area (Å²) in [7, 11) is 4.06. The average molecular weight is 312 g/mol. The average Bonchev–Trinajstić information content (AvgIpc) is 2.47. The molecule has 126 valence electrons. The molecule has 2 aliphatic rings. The highest BCUT2D eigenvalue weighted by Gasteiger charge is 2.26. The second-order valence-corrected chi connectivity index (χ2v) is 6.38. The Kier molecular flexibility index (Phi) is 6.16. The van der Waals surface area contributed by atoms with Crippen LogP contribution in [-0.4, -0.2) is 111 Å². The van der Waals surface area contributed by atoms with Crippen molar-refractivity contribution in [1.82, 2.24) is 19.6 Å². The van der Waals surface area contributed by atoms with Crippen LogP contribution in [0.2, 0.25) is 0 Å². The van der Waals surface area contributed by atoms with Gasteiger partial charge in [0.1, 0.15) is 0 Å². The number of carbonyl (C=O) groups excluding carboxylic acids is 2. The molecule has 2 saturated heterocycles. The van der Waals surface area contributed by atoms with Crippen LogP contribution in [0.1, 0.15) is 6.92 Å². The standard InChI is InChI=1S/C15H28N4O3/c1-13(20)18-4-6-19(7-5-18)15(21)12-17-8-9-22-14(11-17)10-16(2)3/h14H,4-12H2,1-3H3/t14-/m1/s1. The molecule has 2 fully saturated rings. The molecule has 22 heavy (non-hydrogen) atoms. The van der Waals surface area contributed by atoms with E-state index in [9.17, 15) is 9.59 Å². The lowest BCUT2D eigenvalue weighted by molar-refractivity contribution is -0.140. The van der Waals surface area contributed by atoms with Crippen LogP contribution in [0.4, 0.5) is 0 Å². The van der Waals surface area contributed by atoms with Gasteiger partial charge in [-0.2, -0.15) is 0 Å². The van der Waals surface area contributed by atoms with Gasteiger partial charge < -0.3 is 19.4 Å². The SMILES string of the molecule is CC(=O)N1CCN(C(=O)CN2CCO[C@H](CN(C)C)C2)CC1. The molecule has 0 bridgehead atoms. The van der Waals surface area contributed by atoms with Crippen molar-refractivity contribution in [3.63, 3.8) is 0 Å². The van der Waals surface area contributed by atoms with Crippen molar-refractivity contribution in [3.05, 3.63) is 0 Å². The van der Waals surface area contributed by atoms with Crippen LogP contribution in [0.5, 0.6) is 0 Å². The highest BCUT2D eigenvalue weighted by molar-refractivity contribution is 5.79. The van der Waals surface area contributed by atoms with E-state index in [2.05, 4.69) is 9.80 Å². The minimum absolute atomic E-state index is 0.0896. The first kappa shape index (κ1) is 17.2. The van der Waals surface area contributed by atoms with Crippen molar-refractivity contribution in [3.8, 4) is 0 Å². The maximum Gasteiger partial charge on any atom is 0.236 e. The molecule has 7 nitrogen and oxygen atoms in total. The van der Waals surface area contributed by atoms with Gasteiger partial charge in [0.15, 0.2) is 0 Å². The molecule has 0 radical (unpaired) electrons. The molecule has 2 rings (SSSR count). The fourth-order valence-corrected chi connectivity index (χ4v) is 3.00. The number of piperazine rings is 1. The van der Waals surface area contributed by atoms with Gasteiger partial charge in [-0.1, -0.05) is 0 Å². The normalized spacial score (nSPS) is 23.9. The molecule has 7 heteroatoms. The fourth-order valence-electron chi connectivity index (χ4n) is 3.00. The second kappa shape index (κ2) is 7.89. The molecule has 1 atom stereocenters. The van der Waals surface area contributed by atoms with Crippen molar-refractivity contribution in [1.29, 1.82) is 0 Å². The number of carbonyl (C=O) groups is 2. The van der Waals surface area contributed by atoms with Crippen LogP contribution >= 0.6 is 0 Å². The predicted molar refractivity (Wildman–Crippen MR) is 83.6 cm³/mol. The van der Waals surface area contributed by atoms with E-state index in [1.165, 1.54) is 0 Å². The van der Waals surface area contributed by atoms with Gasteiger partial charge in [-0.05, 0) is 14.1 Å².